The molecule has 5 N–H and O–H groups in total. The molecule has 5 rings (SSSR count). The van der Waals surface area contributed by atoms with Crippen molar-refractivity contribution in [3.8, 4) is 22.9 Å². The molecule has 11 heteroatoms. The van der Waals surface area contributed by atoms with Crippen LogP contribution in [0, 0.1) is 23.0 Å². The molecular weight excluding hydrogens is 540 g/mol. The molecule has 0 bridgehead atoms. The van der Waals surface area contributed by atoms with Gasteiger partial charge in [0.25, 0.3) is 11.5 Å². The van der Waals surface area contributed by atoms with Gasteiger partial charge in [-0.05, 0) is 78.9 Å². The molecule has 1 aliphatic carbocycles. The zero-order chi connectivity index (χ0) is 30.0. The van der Waals surface area contributed by atoms with Crippen LogP contribution >= 0.6 is 0 Å². The van der Waals surface area contributed by atoms with E-state index in [1.54, 1.807) is 13.1 Å². The van der Waals surface area contributed by atoms with E-state index in [0.717, 1.165) is 23.5 Å². The van der Waals surface area contributed by atoms with Gasteiger partial charge in [-0.1, -0.05) is 0 Å². The normalized spacial score (nSPS) is 13.2. The molecule has 4 aromatic rings. The van der Waals surface area contributed by atoms with Crippen LogP contribution in [0.2, 0.25) is 0 Å². The van der Waals surface area contributed by atoms with Crippen molar-refractivity contribution in [2.75, 3.05) is 18.1 Å². The van der Waals surface area contributed by atoms with Crippen LogP contribution in [-0.4, -0.2) is 28.7 Å². The fourth-order valence-electron chi connectivity index (χ4n) is 4.67. The molecule has 2 heterocycles. The van der Waals surface area contributed by atoms with Crippen LogP contribution in [-0.2, 0) is 0 Å². The summed E-state index contributed by atoms with van der Waals surface area (Å²) in [5, 5.41) is 12.5. The number of aliphatic imine (C=N–C) groups is 1. The molecule has 0 aliphatic heterocycles. The number of aromatic nitrogens is 2. The number of anilines is 2. The lowest BCUT2D eigenvalue weighted by atomic mass is 10.0. The number of rotatable bonds is 7. The van der Waals surface area contributed by atoms with Crippen LogP contribution in [0.25, 0.3) is 22.4 Å². The first kappa shape index (κ1) is 27.9. The van der Waals surface area contributed by atoms with Crippen molar-refractivity contribution in [2.24, 2.45) is 10.7 Å². The third-order valence-corrected chi connectivity index (χ3v) is 6.90. The second-order valence-corrected chi connectivity index (χ2v) is 9.68. The number of nitrogen functional groups attached to an aromatic ring is 1. The summed E-state index contributed by atoms with van der Waals surface area (Å²) in [6.45, 7) is 0. The standard InChI is InChI=1S/C31H25F2N7O2/c1-37-15-19(13-34)18-10-25(29(36)38-16-18)23-9-6-21(11-27(23)33)39-30(41)26-12-24(17-2-3-17)28(14-35)40(31(26)42)22-7-4-20(32)5-8-22/h4-13,15-17H,2-3,34H2,1H3,(H2,36,38)(H,39,41). The maximum absolute atomic E-state index is 15.4. The molecule has 1 aliphatic rings. The van der Waals surface area contributed by atoms with Crippen LogP contribution in [0.4, 0.5) is 20.3 Å². The van der Waals surface area contributed by atoms with Crippen molar-refractivity contribution in [3.63, 3.8) is 0 Å². The number of amides is 1. The Bertz CT molecular complexity index is 1870. The number of nitrogens with two attached hydrogens (primary N) is 2. The van der Waals surface area contributed by atoms with E-state index in [4.69, 9.17) is 11.5 Å². The first-order chi connectivity index (χ1) is 20.2. The van der Waals surface area contributed by atoms with E-state index in [0.29, 0.717) is 22.3 Å². The molecule has 1 amide bonds. The first-order valence-corrected chi connectivity index (χ1v) is 12.9. The summed E-state index contributed by atoms with van der Waals surface area (Å²) in [5.41, 5.74) is 13.3. The number of benzene rings is 2. The highest BCUT2D eigenvalue weighted by Crippen LogP contribution is 2.42. The van der Waals surface area contributed by atoms with E-state index in [1.165, 1.54) is 61.1 Å². The quantitative estimate of drug-likeness (QED) is 0.275. The van der Waals surface area contributed by atoms with Gasteiger partial charge in [0.2, 0.25) is 0 Å². The molecule has 0 atom stereocenters. The lowest BCUT2D eigenvalue weighted by Crippen LogP contribution is -2.31. The Morgan fingerprint density at radius 2 is 1.88 bits per heavy atom. The zero-order valence-electron chi connectivity index (χ0n) is 22.4. The van der Waals surface area contributed by atoms with Gasteiger partial charge in [-0.15, -0.1) is 0 Å². The summed E-state index contributed by atoms with van der Waals surface area (Å²) in [7, 11) is 1.59. The minimum atomic E-state index is -0.783. The number of halogens is 2. The predicted octanol–water partition coefficient (Wildman–Crippen LogP) is 4.76. The summed E-state index contributed by atoms with van der Waals surface area (Å²) >= 11 is 0. The summed E-state index contributed by atoms with van der Waals surface area (Å²) in [6.07, 6.45) is 5.99. The van der Waals surface area contributed by atoms with Crippen molar-refractivity contribution in [2.45, 2.75) is 18.8 Å². The monoisotopic (exact) mass is 565 g/mol. The number of carbonyl (C=O) groups is 1. The summed E-state index contributed by atoms with van der Waals surface area (Å²) in [5.74, 6) is -1.88. The average molecular weight is 566 g/mol. The van der Waals surface area contributed by atoms with Gasteiger partial charge in [-0.3, -0.25) is 19.1 Å². The number of nitrogens with zero attached hydrogens (tertiary/aromatic N) is 4. The number of nitriles is 1. The van der Waals surface area contributed by atoms with Gasteiger partial charge < -0.3 is 16.8 Å². The van der Waals surface area contributed by atoms with Crippen LogP contribution in [0.1, 0.15) is 45.9 Å². The fourth-order valence-corrected chi connectivity index (χ4v) is 4.67. The van der Waals surface area contributed by atoms with Crippen molar-refractivity contribution in [1.82, 2.24) is 9.55 Å². The zero-order valence-corrected chi connectivity index (χ0v) is 22.4. The molecule has 0 saturated heterocycles. The van der Waals surface area contributed by atoms with Crippen LogP contribution < -0.4 is 22.3 Å². The molecule has 0 radical (unpaired) electrons. The minimum Gasteiger partial charge on any atom is -0.404 e. The summed E-state index contributed by atoms with van der Waals surface area (Å²) < 4.78 is 30.1. The molecular formula is C31H25F2N7O2. The van der Waals surface area contributed by atoms with Gasteiger partial charge in [0, 0.05) is 53.6 Å². The topological polar surface area (TPSA) is 152 Å². The molecule has 42 heavy (non-hydrogen) atoms. The summed E-state index contributed by atoms with van der Waals surface area (Å²) in [6, 6.07) is 14.2. The molecule has 210 valence electrons. The van der Waals surface area contributed by atoms with Crippen LogP contribution in [0.15, 0.2) is 76.8 Å². The van der Waals surface area contributed by atoms with Gasteiger partial charge in [-0.25, -0.2) is 13.8 Å². The van der Waals surface area contributed by atoms with E-state index in [1.807, 2.05) is 0 Å². The first-order valence-electron chi connectivity index (χ1n) is 12.9. The van der Waals surface area contributed by atoms with Crippen LogP contribution in [0.5, 0.6) is 0 Å². The van der Waals surface area contributed by atoms with Gasteiger partial charge >= 0.3 is 0 Å². The molecule has 0 spiro atoms. The molecule has 1 saturated carbocycles. The van der Waals surface area contributed by atoms with E-state index in [2.05, 4.69) is 21.4 Å². The Balaban J connectivity index is 1.51. The van der Waals surface area contributed by atoms with Crippen molar-refractivity contribution < 1.29 is 13.6 Å². The third kappa shape index (κ3) is 5.38. The Hall–Kier alpha value is -5.63. The second-order valence-electron chi connectivity index (χ2n) is 9.68. The number of hydrogen-bond acceptors (Lipinski definition) is 7. The lowest BCUT2D eigenvalue weighted by Gasteiger charge is -2.15. The number of pyridine rings is 2. The van der Waals surface area contributed by atoms with Crippen LogP contribution in [0.3, 0.4) is 0 Å². The minimum absolute atomic E-state index is 0.0169. The van der Waals surface area contributed by atoms with Crippen molar-refractivity contribution in [1.29, 1.82) is 5.26 Å². The largest absolute Gasteiger partial charge is 0.404 e. The van der Waals surface area contributed by atoms with Crippen molar-refractivity contribution in [3.05, 3.63) is 111 Å². The fraction of sp³-hybridized carbons (Fsp3) is 0.129. The maximum Gasteiger partial charge on any atom is 0.269 e. The Labute approximate surface area is 239 Å². The highest BCUT2D eigenvalue weighted by molar-refractivity contribution is 6.10. The SMILES string of the molecule is CN=CC(=CN)c1cnc(N)c(-c2ccc(NC(=O)c3cc(C4CC4)c(C#N)n(-c4ccc(F)cc4)c3=O)cc2F)c1. The summed E-state index contributed by atoms with van der Waals surface area (Å²) in [4.78, 5) is 35.0. The molecule has 1 fully saturated rings. The Morgan fingerprint density at radius 1 is 1.14 bits per heavy atom. The predicted molar refractivity (Wildman–Crippen MR) is 157 cm³/mol. The lowest BCUT2D eigenvalue weighted by molar-refractivity contribution is 0.102. The Morgan fingerprint density at radius 3 is 2.50 bits per heavy atom. The van der Waals surface area contributed by atoms with E-state index < -0.39 is 23.1 Å². The average Bonchev–Trinajstić information content (AvgIpc) is 3.82. The van der Waals surface area contributed by atoms with Gasteiger partial charge in [-0.2, -0.15) is 5.26 Å². The smallest absolute Gasteiger partial charge is 0.269 e. The highest BCUT2D eigenvalue weighted by atomic mass is 19.1. The highest BCUT2D eigenvalue weighted by Gasteiger charge is 2.31. The molecule has 2 aromatic heterocycles. The van der Waals surface area contributed by atoms with Gasteiger partial charge in [0.1, 0.15) is 34.8 Å². The number of hydrogen-bond donors (Lipinski definition) is 3. The third-order valence-electron chi connectivity index (χ3n) is 6.90. The van der Waals surface area contributed by atoms with Gasteiger partial charge in [0.15, 0.2) is 0 Å². The second kappa shape index (κ2) is 11.5. The molecule has 0 unspecified atom stereocenters. The van der Waals surface area contributed by atoms with E-state index in [-0.39, 0.29) is 39.9 Å². The van der Waals surface area contributed by atoms with E-state index >= 15 is 4.39 Å². The maximum atomic E-state index is 15.4. The number of carbonyl (C=O) groups excluding carboxylic acids is 1. The molecule has 9 nitrogen and oxygen atoms in total. The van der Waals surface area contributed by atoms with Crippen molar-refractivity contribution >= 4 is 29.2 Å². The number of nitrogens with one attached hydrogen (secondary N) is 1. The molecule has 2 aromatic carbocycles. The number of allylic oxidation sites excluding steroid dienone is 1. The van der Waals surface area contributed by atoms with Gasteiger partial charge in [0.05, 0.1) is 5.69 Å². The Kier molecular flexibility index (Phi) is 7.62. The van der Waals surface area contributed by atoms with E-state index in [9.17, 15) is 19.2 Å².